The summed E-state index contributed by atoms with van der Waals surface area (Å²) in [7, 11) is 0. The van der Waals surface area contributed by atoms with Crippen LogP contribution >= 0.6 is 0 Å². The van der Waals surface area contributed by atoms with Gasteiger partial charge < -0.3 is 10.6 Å². The molecular weight excluding hydrogens is 297 g/mol. The number of primary amides is 1. The number of halogens is 1. The van der Waals surface area contributed by atoms with Crippen LogP contribution in [0.5, 0.6) is 0 Å². The third kappa shape index (κ3) is 2.65. The minimum Gasteiger partial charge on any atom is -0.368 e. The van der Waals surface area contributed by atoms with Gasteiger partial charge in [0.05, 0.1) is 11.1 Å². The van der Waals surface area contributed by atoms with E-state index >= 15 is 0 Å². The summed E-state index contributed by atoms with van der Waals surface area (Å²) in [5.41, 5.74) is 5.47. The average molecular weight is 315 g/mol. The van der Waals surface area contributed by atoms with Gasteiger partial charge in [-0.05, 0) is 50.5 Å². The Morgan fingerprint density at radius 1 is 1.30 bits per heavy atom. The van der Waals surface area contributed by atoms with Crippen molar-refractivity contribution in [3.05, 3.63) is 41.8 Å². The molecule has 2 amide bonds. The van der Waals surface area contributed by atoms with Crippen molar-refractivity contribution in [2.75, 3.05) is 6.54 Å². The third-order valence-electron chi connectivity index (χ3n) is 4.56. The number of nitrogens with two attached hydrogens (primary N) is 1. The summed E-state index contributed by atoms with van der Waals surface area (Å²) in [4.78, 5) is 30.4. The Morgan fingerprint density at radius 3 is 2.83 bits per heavy atom. The highest BCUT2D eigenvalue weighted by Gasteiger charge is 2.42. The van der Waals surface area contributed by atoms with Crippen LogP contribution in [0.1, 0.15) is 36.5 Å². The molecule has 23 heavy (non-hydrogen) atoms. The minimum atomic E-state index is -0.994. The van der Waals surface area contributed by atoms with E-state index in [4.69, 9.17) is 5.73 Å². The van der Waals surface area contributed by atoms with Crippen LogP contribution in [0.2, 0.25) is 0 Å². The fourth-order valence-corrected chi connectivity index (χ4v) is 3.08. The standard InChI is InChI=1S/C17H18FN3O2/c1-17(16(19)23)6-2-3-7-21(17)15(22)12-8-11-9-13(18)4-5-14(11)20-10-12/h4-5,8-10H,2-3,6-7H2,1H3,(H2,19,23)/t17-/m0/s1. The van der Waals surface area contributed by atoms with Crippen LogP contribution in [-0.4, -0.2) is 33.8 Å². The lowest BCUT2D eigenvalue weighted by Gasteiger charge is -2.42. The Hall–Kier alpha value is -2.50. The number of nitrogens with zero attached hydrogens (tertiary/aromatic N) is 2. The Kier molecular flexibility index (Phi) is 3.75. The van der Waals surface area contributed by atoms with E-state index < -0.39 is 11.4 Å². The first kappa shape index (κ1) is 15.4. The molecule has 120 valence electrons. The van der Waals surface area contributed by atoms with Crippen LogP contribution in [0.25, 0.3) is 10.9 Å². The van der Waals surface area contributed by atoms with Gasteiger partial charge in [0, 0.05) is 18.1 Å². The largest absolute Gasteiger partial charge is 0.368 e. The number of benzene rings is 1. The number of carbonyl (C=O) groups excluding carboxylic acids is 2. The van der Waals surface area contributed by atoms with E-state index in [-0.39, 0.29) is 11.7 Å². The molecule has 0 unspecified atom stereocenters. The van der Waals surface area contributed by atoms with Crippen molar-refractivity contribution < 1.29 is 14.0 Å². The number of likely N-dealkylation sites (tertiary alicyclic amines) is 1. The third-order valence-corrected chi connectivity index (χ3v) is 4.56. The smallest absolute Gasteiger partial charge is 0.256 e. The van der Waals surface area contributed by atoms with Crippen LogP contribution in [0.4, 0.5) is 4.39 Å². The molecule has 0 bridgehead atoms. The molecule has 5 nitrogen and oxygen atoms in total. The Morgan fingerprint density at radius 2 is 2.09 bits per heavy atom. The molecule has 1 aromatic carbocycles. The second-order valence-corrected chi connectivity index (χ2v) is 6.11. The molecule has 2 aromatic rings. The first-order valence-corrected chi connectivity index (χ1v) is 7.59. The molecule has 2 heterocycles. The molecule has 0 radical (unpaired) electrons. The number of hydrogen-bond donors (Lipinski definition) is 1. The molecule has 1 aliphatic heterocycles. The van der Waals surface area contributed by atoms with Crippen molar-refractivity contribution in [1.29, 1.82) is 0 Å². The Balaban J connectivity index is 2.00. The highest BCUT2D eigenvalue weighted by atomic mass is 19.1. The van der Waals surface area contributed by atoms with Crippen molar-refractivity contribution in [2.45, 2.75) is 31.7 Å². The van der Waals surface area contributed by atoms with E-state index in [9.17, 15) is 14.0 Å². The normalized spacial score (nSPS) is 21.4. The lowest BCUT2D eigenvalue weighted by Crippen LogP contribution is -2.59. The molecular formula is C17H18FN3O2. The summed E-state index contributed by atoms with van der Waals surface area (Å²) in [6.07, 6.45) is 3.68. The average Bonchev–Trinajstić information content (AvgIpc) is 2.53. The number of piperidine rings is 1. The molecule has 3 rings (SSSR count). The van der Waals surface area contributed by atoms with Crippen LogP contribution in [0, 0.1) is 5.82 Å². The van der Waals surface area contributed by atoms with Gasteiger partial charge in [-0.1, -0.05) is 0 Å². The molecule has 1 fully saturated rings. The maximum atomic E-state index is 13.4. The molecule has 0 saturated carbocycles. The van der Waals surface area contributed by atoms with Crippen molar-refractivity contribution >= 4 is 22.7 Å². The lowest BCUT2D eigenvalue weighted by molar-refractivity contribution is -0.129. The molecule has 6 heteroatoms. The molecule has 1 saturated heterocycles. The monoisotopic (exact) mass is 315 g/mol. The van der Waals surface area contributed by atoms with Crippen molar-refractivity contribution in [3.8, 4) is 0 Å². The highest BCUT2D eigenvalue weighted by molar-refractivity contribution is 6.00. The van der Waals surface area contributed by atoms with Gasteiger partial charge in [0.1, 0.15) is 11.4 Å². The van der Waals surface area contributed by atoms with E-state index in [0.29, 0.717) is 29.4 Å². The predicted molar refractivity (Wildman–Crippen MR) is 84.2 cm³/mol. The van der Waals surface area contributed by atoms with Crippen molar-refractivity contribution in [2.24, 2.45) is 5.73 Å². The maximum absolute atomic E-state index is 13.4. The van der Waals surface area contributed by atoms with Gasteiger partial charge in [-0.15, -0.1) is 0 Å². The van der Waals surface area contributed by atoms with E-state index in [1.165, 1.54) is 23.2 Å². The van der Waals surface area contributed by atoms with Gasteiger partial charge in [-0.25, -0.2) is 4.39 Å². The minimum absolute atomic E-state index is 0.301. The summed E-state index contributed by atoms with van der Waals surface area (Å²) < 4.78 is 13.4. The molecule has 2 N–H and O–H groups in total. The summed E-state index contributed by atoms with van der Waals surface area (Å²) in [5.74, 6) is -1.20. The Labute approximate surface area is 133 Å². The Bertz CT molecular complexity index is 793. The van der Waals surface area contributed by atoms with E-state index in [1.54, 1.807) is 19.1 Å². The SMILES string of the molecule is C[C@@]1(C(N)=O)CCCCN1C(=O)c1cnc2ccc(F)cc2c1. The molecule has 0 spiro atoms. The predicted octanol–water partition coefficient (Wildman–Crippen LogP) is 2.24. The summed E-state index contributed by atoms with van der Waals surface area (Å²) in [5, 5.41) is 0.550. The van der Waals surface area contributed by atoms with Crippen molar-refractivity contribution in [1.82, 2.24) is 9.88 Å². The van der Waals surface area contributed by atoms with E-state index in [0.717, 1.165) is 12.8 Å². The number of hydrogen-bond acceptors (Lipinski definition) is 3. The zero-order valence-electron chi connectivity index (χ0n) is 12.9. The van der Waals surface area contributed by atoms with Gasteiger partial charge in [0.25, 0.3) is 5.91 Å². The first-order valence-electron chi connectivity index (χ1n) is 7.59. The lowest BCUT2D eigenvalue weighted by atomic mass is 9.87. The number of pyridine rings is 1. The van der Waals surface area contributed by atoms with Gasteiger partial charge in [-0.2, -0.15) is 0 Å². The second kappa shape index (κ2) is 5.61. The second-order valence-electron chi connectivity index (χ2n) is 6.11. The number of fused-ring (bicyclic) bond motifs is 1. The number of rotatable bonds is 2. The van der Waals surface area contributed by atoms with Gasteiger partial charge in [0.15, 0.2) is 0 Å². The van der Waals surface area contributed by atoms with E-state index in [2.05, 4.69) is 4.98 Å². The topological polar surface area (TPSA) is 76.3 Å². The molecule has 0 aliphatic carbocycles. The molecule has 1 atom stereocenters. The van der Waals surface area contributed by atoms with Gasteiger partial charge >= 0.3 is 0 Å². The van der Waals surface area contributed by atoms with Gasteiger partial charge in [0.2, 0.25) is 5.91 Å². The fraction of sp³-hybridized carbons (Fsp3) is 0.353. The molecule has 1 aromatic heterocycles. The maximum Gasteiger partial charge on any atom is 0.256 e. The number of amides is 2. The number of aromatic nitrogens is 1. The van der Waals surface area contributed by atoms with Crippen LogP contribution in [-0.2, 0) is 4.79 Å². The zero-order chi connectivity index (χ0) is 16.6. The van der Waals surface area contributed by atoms with Crippen LogP contribution in [0.3, 0.4) is 0 Å². The summed E-state index contributed by atoms with van der Waals surface area (Å²) in [6.45, 7) is 2.17. The summed E-state index contributed by atoms with van der Waals surface area (Å²) >= 11 is 0. The van der Waals surface area contributed by atoms with Crippen LogP contribution in [0.15, 0.2) is 30.5 Å². The fourth-order valence-electron chi connectivity index (χ4n) is 3.08. The zero-order valence-corrected chi connectivity index (χ0v) is 12.9. The highest BCUT2D eigenvalue weighted by Crippen LogP contribution is 2.29. The van der Waals surface area contributed by atoms with E-state index in [1.807, 2.05) is 0 Å². The quantitative estimate of drug-likeness (QED) is 0.923. The number of carbonyl (C=O) groups is 2. The first-order chi connectivity index (χ1) is 10.9. The summed E-state index contributed by atoms with van der Waals surface area (Å²) in [6, 6.07) is 5.82. The molecule has 1 aliphatic rings. The van der Waals surface area contributed by atoms with Gasteiger partial charge in [-0.3, -0.25) is 14.6 Å². The van der Waals surface area contributed by atoms with Crippen LogP contribution < -0.4 is 5.73 Å². The van der Waals surface area contributed by atoms with Crippen molar-refractivity contribution in [3.63, 3.8) is 0 Å².